The summed E-state index contributed by atoms with van der Waals surface area (Å²) in [5, 5.41) is 10.8. The van der Waals surface area contributed by atoms with Gasteiger partial charge in [-0.2, -0.15) is 11.8 Å². The summed E-state index contributed by atoms with van der Waals surface area (Å²) in [5.74, 6) is -2.21. The number of benzene rings is 2. The van der Waals surface area contributed by atoms with Crippen molar-refractivity contribution in [3.63, 3.8) is 0 Å². The fraction of sp³-hybridized carbons (Fsp3) is 0.469. The SMILES string of the molecule is CSCCC(NC(=O)C(CC(C)C)NC(=O)CNC(=O)C(Cc1ccccc1)NC(=O)C(C)Cc1ccccc1)C(N)=O. The van der Waals surface area contributed by atoms with Crippen LogP contribution >= 0.6 is 11.8 Å². The van der Waals surface area contributed by atoms with Crippen molar-refractivity contribution in [3.8, 4) is 0 Å². The molecule has 0 saturated heterocycles. The highest BCUT2D eigenvalue weighted by atomic mass is 32.2. The Balaban J connectivity index is 2.05. The molecule has 2 aromatic carbocycles. The molecule has 234 valence electrons. The Hall–Kier alpha value is -3.86. The topological polar surface area (TPSA) is 159 Å². The van der Waals surface area contributed by atoms with Gasteiger partial charge >= 0.3 is 0 Å². The van der Waals surface area contributed by atoms with Crippen molar-refractivity contribution in [1.29, 1.82) is 0 Å². The van der Waals surface area contributed by atoms with E-state index in [1.807, 2.05) is 80.8 Å². The molecule has 2 aromatic rings. The second-order valence-corrected chi connectivity index (χ2v) is 12.0. The van der Waals surface area contributed by atoms with Gasteiger partial charge < -0.3 is 27.0 Å². The maximum Gasteiger partial charge on any atom is 0.243 e. The summed E-state index contributed by atoms with van der Waals surface area (Å²) in [6.45, 7) is 5.22. The normalized spacial score (nSPS) is 13.7. The van der Waals surface area contributed by atoms with Gasteiger partial charge in [0.25, 0.3) is 0 Å². The molecule has 0 aliphatic rings. The lowest BCUT2D eigenvalue weighted by molar-refractivity contribution is -0.133. The van der Waals surface area contributed by atoms with Crippen molar-refractivity contribution >= 4 is 41.3 Å². The number of thioether (sulfide) groups is 1. The first-order chi connectivity index (χ1) is 20.5. The largest absolute Gasteiger partial charge is 0.368 e. The predicted octanol–water partition coefficient (Wildman–Crippen LogP) is 1.96. The van der Waals surface area contributed by atoms with E-state index in [4.69, 9.17) is 5.73 Å². The Morgan fingerprint density at radius 2 is 1.28 bits per heavy atom. The molecule has 0 radical (unpaired) electrons. The third kappa shape index (κ3) is 13.3. The zero-order valence-corrected chi connectivity index (χ0v) is 26.2. The Morgan fingerprint density at radius 1 is 0.721 bits per heavy atom. The molecule has 43 heavy (non-hydrogen) atoms. The van der Waals surface area contributed by atoms with Gasteiger partial charge in [0, 0.05) is 12.3 Å². The first kappa shape index (κ1) is 35.3. The minimum absolute atomic E-state index is 0.0622. The van der Waals surface area contributed by atoms with Crippen molar-refractivity contribution in [3.05, 3.63) is 71.8 Å². The number of rotatable bonds is 18. The van der Waals surface area contributed by atoms with Crippen LogP contribution in [0.5, 0.6) is 0 Å². The Morgan fingerprint density at radius 3 is 1.81 bits per heavy atom. The third-order valence-electron chi connectivity index (χ3n) is 6.80. The average Bonchev–Trinajstić information content (AvgIpc) is 2.97. The van der Waals surface area contributed by atoms with Crippen LogP contribution in [0.3, 0.4) is 0 Å². The molecule has 2 rings (SSSR count). The van der Waals surface area contributed by atoms with E-state index in [2.05, 4.69) is 21.3 Å². The molecule has 0 aliphatic carbocycles. The van der Waals surface area contributed by atoms with Crippen LogP contribution in [0.4, 0.5) is 0 Å². The monoisotopic (exact) mass is 611 g/mol. The number of nitrogens with one attached hydrogen (secondary N) is 4. The molecule has 0 aliphatic heterocycles. The first-order valence-electron chi connectivity index (χ1n) is 14.5. The van der Waals surface area contributed by atoms with E-state index >= 15 is 0 Å². The van der Waals surface area contributed by atoms with Crippen molar-refractivity contribution in [2.45, 2.75) is 64.6 Å². The number of carbonyl (C=O) groups is 5. The molecular formula is C32H45N5O5S. The Bertz CT molecular complexity index is 1200. The Labute approximate surface area is 258 Å². The molecule has 0 saturated carbocycles. The lowest BCUT2D eigenvalue weighted by Gasteiger charge is -2.24. The van der Waals surface area contributed by atoms with Gasteiger partial charge in [0.05, 0.1) is 6.54 Å². The van der Waals surface area contributed by atoms with E-state index in [-0.39, 0.29) is 24.2 Å². The number of carbonyl (C=O) groups excluding carboxylic acids is 5. The van der Waals surface area contributed by atoms with Gasteiger partial charge in [0.15, 0.2) is 0 Å². The third-order valence-corrected chi connectivity index (χ3v) is 7.44. The van der Waals surface area contributed by atoms with E-state index < -0.39 is 48.3 Å². The van der Waals surface area contributed by atoms with Crippen molar-refractivity contribution in [2.75, 3.05) is 18.6 Å². The van der Waals surface area contributed by atoms with Crippen LogP contribution in [0.25, 0.3) is 0 Å². The zero-order chi connectivity index (χ0) is 31.8. The van der Waals surface area contributed by atoms with E-state index in [1.54, 1.807) is 6.92 Å². The van der Waals surface area contributed by atoms with Crippen LogP contribution in [0, 0.1) is 11.8 Å². The highest BCUT2D eigenvalue weighted by Gasteiger charge is 2.28. The van der Waals surface area contributed by atoms with Crippen LogP contribution in [0.1, 0.15) is 44.7 Å². The van der Waals surface area contributed by atoms with Gasteiger partial charge in [-0.05, 0) is 48.3 Å². The fourth-order valence-corrected chi connectivity index (χ4v) is 4.94. The molecule has 0 fully saturated rings. The molecule has 4 atom stereocenters. The summed E-state index contributed by atoms with van der Waals surface area (Å²) in [4.78, 5) is 64.0. The van der Waals surface area contributed by atoms with Crippen LogP contribution in [0.2, 0.25) is 0 Å². The van der Waals surface area contributed by atoms with Crippen LogP contribution in [-0.2, 0) is 36.8 Å². The number of nitrogens with two attached hydrogens (primary N) is 1. The minimum atomic E-state index is -0.917. The second kappa shape index (κ2) is 18.6. The van der Waals surface area contributed by atoms with Crippen molar-refractivity contribution < 1.29 is 24.0 Å². The number of hydrogen-bond acceptors (Lipinski definition) is 6. The van der Waals surface area contributed by atoms with E-state index in [0.717, 1.165) is 11.1 Å². The summed E-state index contributed by atoms with van der Waals surface area (Å²) in [6, 6.07) is 16.2. The van der Waals surface area contributed by atoms with Crippen molar-refractivity contribution in [1.82, 2.24) is 21.3 Å². The lowest BCUT2D eigenvalue weighted by atomic mass is 9.99. The summed E-state index contributed by atoms with van der Waals surface area (Å²) in [5.41, 5.74) is 7.32. The average molecular weight is 612 g/mol. The highest BCUT2D eigenvalue weighted by Crippen LogP contribution is 2.11. The number of hydrogen-bond donors (Lipinski definition) is 5. The molecule has 0 aromatic heterocycles. The van der Waals surface area contributed by atoms with Gasteiger partial charge in [-0.15, -0.1) is 0 Å². The summed E-state index contributed by atoms with van der Waals surface area (Å²) in [6.07, 6.45) is 3.34. The molecule has 5 amide bonds. The molecule has 4 unspecified atom stereocenters. The summed E-state index contributed by atoms with van der Waals surface area (Å²) >= 11 is 1.53. The molecule has 10 nitrogen and oxygen atoms in total. The Kier molecular flexibility index (Phi) is 15.3. The van der Waals surface area contributed by atoms with E-state index in [9.17, 15) is 24.0 Å². The summed E-state index contributed by atoms with van der Waals surface area (Å²) in [7, 11) is 0. The van der Waals surface area contributed by atoms with Crippen molar-refractivity contribution in [2.24, 2.45) is 17.6 Å². The second-order valence-electron chi connectivity index (χ2n) is 11.1. The maximum atomic E-state index is 13.2. The molecule has 0 bridgehead atoms. The van der Waals surface area contributed by atoms with Gasteiger partial charge in [-0.25, -0.2) is 0 Å². The molecule has 11 heteroatoms. The first-order valence-corrected chi connectivity index (χ1v) is 15.9. The lowest BCUT2D eigenvalue weighted by Crippen LogP contribution is -2.55. The highest BCUT2D eigenvalue weighted by molar-refractivity contribution is 7.98. The number of amides is 5. The van der Waals surface area contributed by atoms with Gasteiger partial charge in [-0.1, -0.05) is 81.4 Å². The maximum absolute atomic E-state index is 13.2. The quantitative estimate of drug-likeness (QED) is 0.173. The van der Waals surface area contributed by atoms with Gasteiger partial charge in [0.2, 0.25) is 29.5 Å². The van der Waals surface area contributed by atoms with Crippen LogP contribution in [-0.4, -0.2) is 66.2 Å². The zero-order valence-electron chi connectivity index (χ0n) is 25.4. The van der Waals surface area contributed by atoms with Gasteiger partial charge in [0.1, 0.15) is 18.1 Å². The number of primary amides is 1. The standard InChI is InChI=1S/C32H45N5O5S/c1-21(2)17-26(32(42)36-25(29(33)39)15-16-43-4)35-28(38)20-34-31(41)27(19-24-13-9-6-10-14-24)37-30(40)22(3)18-23-11-7-5-8-12-23/h5-14,21-22,25-27H,15-20H2,1-4H3,(H2,33,39)(H,34,41)(H,35,38)(H,36,42)(H,37,40). The molecule has 0 spiro atoms. The fourth-order valence-electron chi connectivity index (χ4n) is 4.47. The smallest absolute Gasteiger partial charge is 0.243 e. The molecule has 6 N–H and O–H groups in total. The van der Waals surface area contributed by atoms with Crippen LogP contribution < -0.4 is 27.0 Å². The molecular weight excluding hydrogens is 566 g/mol. The molecule has 0 heterocycles. The van der Waals surface area contributed by atoms with E-state index in [0.29, 0.717) is 25.0 Å². The van der Waals surface area contributed by atoms with Gasteiger partial charge in [-0.3, -0.25) is 24.0 Å². The summed E-state index contributed by atoms with van der Waals surface area (Å²) < 4.78 is 0. The van der Waals surface area contributed by atoms with E-state index in [1.165, 1.54) is 11.8 Å². The minimum Gasteiger partial charge on any atom is -0.368 e. The van der Waals surface area contributed by atoms with Crippen LogP contribution in [0.15, 0.2) is 60.7 Å². The predicted molar refractivity (Wildman–Crippen MR) is 170 cm³/mol.